The summed E-state index contributed by atoms with van der Waals surface area (Å²) in [4.78, 5) is 42.1. The second-order valence-electron chi connectivity index (χ2n) is 3.21. The minimum atomic E-state index is -1.16. The fraction of sp³-hybridized carbons (Fsp3) is 1.00. The lowest BCUT2D eigenvalue weighted by Crippen LogP contribution is -2.26. The zero-order chi connectivity index (χ0) is 16.3. The summed E-state index contributed by atoms with van der Waals surface area (Å²) >= 11 is 0. The quantitative estimate of drug-likeness (QED) is 0.199. The molecule has 0 amide bonds. The topological polar surface area (TPSA) is 177 Å². The SMILES string of the molecule is O=[N+]([O-])OCC(O)CSSCC(CO[N+](=O)[O-])O[N+](=O)[O-]. The van der Waals surface area contributed by atoms with Crippen molar-refractivity contribution in [2.45, 2.75) is 12.2 Å². The van der Waals surface area contributed by atoms with Gasteiger partial charge in [0.2, 0.25) is 0 Å². The van der Waals surface area contributed by atoms with Gasteiger partial charge in [0, 0.05) is 11.5 Å². The normalized spacial score (nSPS) is 13.0. The molecule has 0 aromatic heterocycles. The van der Waals surface area contributed by atoms with Gasteiger partial charge in [-0.1, -0.05) is 21.6 Å². The van der Waals surface area contributed by atoms with Gasteiger partial charge in [-0.2, -0.15) is 0 Å². The second-order valence-corrected chi connectivity index (χ2v) is 5.76. The monoisotopic (exact) mass is 349 g/mol. The predicted octanol–water partition coefficient (Wildman–Crippen LogP) is -0.278. The first-order valence-corrected chi connectivity index (χ1v) is 7.58. The van der Waals surface area contributed by atoms with Gasteiger partial charge in [-0.3, -0.25) is 0 Å². The molecule has 0 saturated carbocycles. The Morgan fingerprint density at radius 3 is 1.95 bits per heavy atom. The van der Waals surface area contributed by atoms with E-state index in [2.05, 4.69) is 14.5 Å². The van der Waals surface area contributed by atoms with E-state index in [0.29, 0.717) is 0 Å². The Labute approximate surface area is 124 Å². The van der Waals surface area contributed by atoms with Crippen LogP contribution in [0.3, 0.4) is 0 Å². The third-order valence-electron chi connectivity index (χ3n) is 1.57. The van der Waals surface area contributed by atoms with Crippen LogP contribution in [0.5, 0.6) is 0 Å². The Morgan fingerprint density at radius 2 is 1.43 bits per heavy atom. The Kier molecular flexibility index (Phi) is 10.1. The molecule has 13 nitrogen and oxygen atoms in total. The molecule has 0 spiro atoms. The Bertz CT molecular complexity index is 358. The van der Waals surface area contributed by atoms with Crippen LogP contribution in [0, 0.1) is 30.3 Å². The molecule has 0 saturated heterocycles. The van der Waals surface area contributed by atoms with Gasteiger partial charge in [0.25, 0.3) is 15.3 Å². The van der Waals surface area contributed by atoms with E-state index in [1.165, 1.54) is 0 Å². The Hall–Kier alpha value is -1.74. The number of rotatable bonds is 13. The van der Waals surface area contributed by atoms with Gasteiger partial charge in [-0.25, -0.2) is 0 Å². The summed E-state index contributed by atoms with van der Waals surface area (Å²) in [5.74, 6) is 0.0298. The summed E-state index contributed by atoms with van der Waals surface area (Å²) in [5, 5.41) is 36.0. The molecule has 2 unspecified atom stereocenters. The van der Waals surface area contributed by atoms with Crippen molar-refractivity contribution in [2.24, 2.45) is 0 Å². The highest BCUT2D eigenvalue weighted by atomic mass is 33.1. The van der Waals surface area contributed by atoms with Gasteiger partial charge < -0.3 is 19.6 Å². The molecule has 0 aromatic carbocycles. The lowest BCUT2D eigenvalue weighted by atomic mass is 10.4. The molecule has 1 N–H and O–H groups in total. The molecule has 0 fully saturated rings. The third-order valence-corrected chi connectivity index (χ3v) is 4.08. The molecule has 0 aliphatic carbocycles. The van der Waals surface area contributed by atoms with Gasteiger partial charge in [-0.15, -0.1) is 30.3 Å². The molecule has 0 aromatic rings. The van der Waals surface area contributed by atoms with Crippen LogP contribution >= 0.6 is 21.6 Å². The van der Waals surface area contributed by atoms with Crippen LogP contribution in [0.15, 0.2) is 0 Å². The van der Waals surface area contributed by atoms with Crippen molar-refractivity contribution in [3.63, 3.8) is 0 Å². The summed E-state index contributed by atoms with van der Waals surface area (Å²) in [6.45, 7) is -1.12. The average Bonchev–Trinajstić information content (AvgIpc) is 2.37. The van der Waals surface area contributed by atoms with E-state index in [1.807, 2.05) is 0 Å². The van der Waals surface area contributed by atoms with Crippen LogP contribution in [0.25, 0.3) is 0 Å². The van der Waals surface area contributed by atoms with Crippen molar-refractivity contribution < 1.29 is 34.9 Å². The van der Waals surface area contributed by atoms with Gasteiger partial charge in [0.1, 0.15) is 19.3 Å². The summed E-state index contributed by atoms with van der Waals surface area (Å²) in [5.41, 5.74) is 0. The maximum Gasteiger partial charge on any atom is 0.294 e. The van der Waals surface area contributed by atoms with E-state index in [-0.39, 0.29) is 11.5 Å². The molecule has 2 atom stereocenters. The molecular weight excluding hydrogens is 338 g/mol. The third kappa shape index (κ3) is 13.0. The molecule has 0 bridgehead atoms. The smallest absolute Gasteiger partial charge is 0.294 e. The van der Waals surface area contributed by atoms with E-state index in [0.717, 1.165) is 21.6 Å². The number of aliphatic hydroxyl groups is 1. The summed E-state index contributed by atoms with van der Waals surface area (Å²) in [6, 6.07) is 0. The first kappa shape index (κ1) is 19.3. The lowest BCUT2D eigenvalue weighted by Gasteiger charge is -2.13. The number of hydrogen-bond acceptors (Lipinski definition) is 12. The molecule has 122 valence electrons. The Balaban J connectivity index is 3.87. The first-order chi connectivity index (χ1) is 9.81. The van der Waals surface area contributed by atoms with Crippen LogP contribution in [0.4, 0.5) is 0 Å². The van der Waals surface area contributed by atoms with E-state index in [1.54, 1.807) is 0 Å². The summed E-state index contributed by atoms with van der Waals surface area (Å²) in [7, 11) is 2.06. The summed E-state index contributed by atoms with van der Waals surface area (Å²) < 4.78 is 0. The highest BCUT2D eigenvalue weighted by Gasteiger charge is 2.16. The van der Waals surface area contributed by atoms with Crippen molar-refractivity contribution in [1.29, 1.82) is 0 Å². The van der Waals surface area contributed by atoms with Crippen molar-refractivity contribution >= 4 is 21.6 Å². The summed E-state index contributed by atoms with van der Waals surface area (Å²) in [6.07, 6.45) is -2.26. The fourth-order valence-corrected chi connectivity index (χ4v) is 3.08. The van der Waals surface area contributed by atoms with Gasteiger partial charge in [0.15, 0.2) is 0 Å². The maximum absolute atomic E-state index is 10.2. The first-order valence-electron chi connectivity index (χ1n) is 5.09. The molecule has 15 heteroatoms. The molecule has 0 rings (SSSR count). The van der Waals surface area contributed by atoms with E-state index in [9.17, 15) is 35.4 Å². The van der Waals surface area contributed by atoms with Crippen molar-refractivity contribution in [3.8, 4) is 0 Å². The maximum atomic E-state index is 10.2. The second kappa shape index (κ2) is 11.0. The van der Waals surface area contributed by atoms with E-state index >= 15 is 0 Å². The molecule has 0 heterocycles. The van der Waals surface area contributed by atoms with Crippen LogP contribution < -0.4 is 0 Å². The minimum absolute atomic E-state index is 0.0255. The minimum Gasteiger partial charge on any atom is -0.390 e. The van der Waals surface area contributed by atoms with Gasteiger partial charge in [-0.05, 0) is 0 Å². The van der Waals surface area contributed by atoms with Crippen molar-refractivity contribution in [2.75, 3.05) is 24.7 Å². The van der Waals surface area contributed by atoms with Gasteiger partial charge >= 0.3 is 0 Å². The molecule has 0 aliphatic rings. The van der Waals surface area contributed by atoms with E-state index in [4.69, 9.17) is 0 Å². The molecule has 0 radical (unpaired) electrons. The molecule has 21 heavy (non-hydrogen) atoms. The van der Waals surface area contributed by atoms with Crippen LogP contribution in [0.2, 0.25) is 0 Å². The zero-order valence-electron chi connectivity index (χ0n) is 10.3. The number of nitrogens with zero attached hydrogens (tertiary/aromatic N) is 3. The number of aliphatic hydroxyl groups excluding tert-OH is 1. The number of hydrogen-bond donors (Lipinski definition) is 1. The van der Waals surface area contributed by atoms with Crippen LogP contribution in [-0.2, 0) is 14.5 Å². The standard InChI is InChI=1S/C6H11N3O10S2/c10-5(1-17-7(11)12)3-20-21-4-6(19-9(15)16)2-18-8(13)14/h5-6,10H,1-4H2. The Morgan fingerprint density at radius 1 is 0.905 bits per heavy atom. The molecular formula is C6H11N3O10S2. The largest absolute Gasteiger partial charge is 0.390 e. The van der Waals surface area contributed by atoms with Crippen molar-refractivity contribution in [1.82, 2.24) is 0 Å². The van der Waals surface area contributed by atoms with Crippen LogP contribution in [-0.4, -0.2) is 57.3 Å². The molecule has 0 aliphatic heterocycles. The van der Waals surface area contributed by atoms with Crippen molar-refractivity contribution in [3.05, 3.63) is 30.3 Å². The highest BCUT2D eigenvalue weighted by molar-refractivity contribution is 8.76. The predicted molar refractivity (Wildman–Crippen MR) is 68.7 cm³/mol. The van der Waals surface area contributed by atoms with E-state index < -0.39 is 40.7 Å². The van der Waals surface area contributed by atoms with Crippen LogP contribution in [0.1, 0.15) is 0 Å². The highest BCUT2D eigenvalue weighted by Crippen LogP contribution is 2.24. The van der Waals surface area contributed by atoms with Gasteiger partial charge in [0.05, 0.1) is 6.10 Å². The average molecular weight is 349 g/mol. The zero-order valence-corrected chi connectivity index (χ0v) is 11.9. The lowest BCUT2D eigenvalue weighted by molar-refractivity contribution is -0.788. The fourth-order valence-electron chi connectivity index (χ4n) is 0.820.